The fourth-order valence-electron chi connectivity index (χ4n) is 4.16. The monoisotopic (exact) mass is 520 g/mol. The molecule has 4 aromatic rings. The van der Waals surface area contributed by atoms with Crippen LogP contribution < -0.4 is 15.6 Å². The van der Waals surface area contributed by atoms with Crippen molar-refractivity contribution in [1.29, 1.82) is 0 Å². The van der Waals surface area contributed by atoms with Gasteiger partial charge in [0.15, 0.2) is 5.69 Å². The van der Waals surface area contributed by atoms with E-state index in [0.29, 0.717) is 29.7 Å². The minimum absolute atomic E-state index is 0.00236. The van der Waals surface area contributed by atoms with E-state index in [1.807, 2.05) is 6.07 Å². The van der Waals surface area contributed by atoms with Gasteiger partial charge in [-0.25, -0.2) is 8.42 Å². The lowest BCUT2D eigenvalue weighted by Gasteiger charge is -2.26. The first-order valence-corrected chi connectivity index (χ1v) is 13.0. The molecule has 1 aromatic heterocycles. The number of para-hydroxylation sites is 1. The summed E-state index contributed by atoms with van der Waals surface area (Å²) in [6.07, 6.45) is 0. The van der Waals surface area contributed by atoms with Gasteiger partial charge in [0.1, 0.15) is 5.75 Å². The van der Waals surface area contributed by atoms with E-state index in [1.165, 1.54) is 34.3 Å². The lowest BCUT2D eigenvalue weighted by Crippen LogP contribution is -2.40. The predicted molar refractivity (Wildman–Crippen MR) is 138 cm³/mol. The highest BCUT2D eigenvalue weighted by Crippen LogP contribution is 2.30. The number of methoxy groups -OCH3 is 1. The molecule has 0 unspecified atom stereocenters. The maximum Gasteiger partial charge on any atom is 0.279 e. The second-order valence-electron chi connectivity index (χ2n) is 8.28. The number of morpholine rings is 1. The van der Waals surface area contributed by atoms with Crippen LogP contribution in [0, 0.1) is 0 Å². The Balaban J connectivity index is 1.57. The van der Waals surface area contributed by atoms with E-state index in [2.05, 4.69) is 10.4 Å². The number of nitrogens with one attached hydrogen (secondary N) is 1. The Morgan fingerprint density at radius 3 is 2.35 bits per heavy atom. The van der Waals surface area contributed by atoms with Crippen molar-refractivity contribution in [3.05, 3.63) is 88.8 Å². The number of benzene rings is 3. The molecular weight excluding hydrogens is 496 g/mol. The molecule has 2 heterocycles. The van der Waals surface area contributed by atoms with E-state index in [9.17, 15) is 18.0 Å². The maximum absolute atomic E-state index is 13.5. The highest BCUT2D eigenvalue weighted by Gasteiger charge is 2.28. The summed E-state index contributed by atoms with van der Waals surface area (Å²) in [6.45, 7) is 1.11. The summed E-state index contributed by atoms with van der Waals surface area (Å²) in [5, 5.41) is 7.80. The molecular formula is C26H24N4O6S. The molecule has 1 aliphatic heterocycles. The average molecular weight is 521 g/mol. The molecule has 5 rings (SSSR count). The first-order valence-electron chi connectivity index (χ1n) is 11.5. The van der Waals surface area contributed by atoms with Gasteiger partial charge in [0.2, 0.25) is 10.0 Å². The number of rotatable bonds is 6. The second kappa shape index (κ2) is 10.1. The molecule has 1 N–H and O–H groups in total. The summed E-state index contributed by atoms with van der Waals surface area (Å²) in [4.78, 5) is 26.7. The first-order chi connectivity index (χ1) is 17.9. The van der Waals surface area contributed by atoms with Crippen LogP contribution in [0.3, 0.4) is 0 Å². The number of aromatic nitrogens is 2. The van der Waals surface area contributed by atoms with Crippen LogP contribution in [0.15, 0.2) is 82.5 Å². The third-order valence-electron chi connectivity index (χ3n) is 6.05. The summed E-state index contributed by atoms with van der Waals surface area (Å²) in [7, 11) is -2.39. The minimum atomic E-state index is -3.81. The molecule has 1 amide bonds. The van der Waals surface area contributed by atoms with Gasteiger partial charge in [-0.05, 0) is 36.4 Å². The molecule has 0 aliphatic carbocycles. The lowest BCUT2D eigenvalue weighted by atomic mass is 10.1. The minimum Gasteiger partial charge on any atom is -0.495 e. The van der Waals surface area contributed by atoms with Crippen LogP contribution in [0.25, 0.3) is 16.5 Å². The van der Waals surface area contributed by atoms with Crippen molar-refractivity contribution in [2.75, 3.05) is 38.7 Å². The van der Waals surface area contributed by atoms with Crippen molar-refractivity contribution in [3.63, 3.8) is 0 Å². The van der Waals surface area contributed by atoms with Gasteiger partial charge >= 0.3 is 0 Å². The highest BCUT2D eigenvalue weighted by atomic mass is 32.2. The maximum atomic E-state index is 13.5. The van der Waals surface area contributed by atoms with Gasteiger partial charge in [0, 0.05) is 18.5 Å². The summed E-state index contributed by atoms with van der Waals surface area (Å²) in [5.41, 5.74) is 0.297. The number of anilines is 1. The molecule has 11 heteroatoms. The van der Waals surface area contributed by atoms with Crippen molar-refractivity contribution in [1.82, 2.24) is 14.1 Å². The number of fused-ring (bicyclic) bond motifs is 1. The zero-order valence-electron chi connectivity index (χ0n) is 20.0. The Hall–Kier alpha value is -4.06. The molecule has 37 heavy (non-hydrogen) atoms. The van der Waals surface area contributed by atoms with E-state index in [4.69, 9.17) is 9.47 Å². The van der Waals surface area contributed by atoms with Gasteiger partial charge in [0.05, 0.1) is 42.0 Å². The summed E-state index contributed by atoms with van der Waals surface area (Å²) >= 11 is 0. The van der Waals surface area contributed by atoms with E-state index in [-0.39, 0.29) is 40.7 Å². The summed E-state index contributed by atoms with van der Waals surface area (Å²) < 4.78 is 39.5. The largest absolute Gasteiger partial charge is 0.495 e. The van der Waals surface area contributed by atoms with Crippen molar-refractivity contribution in [3.8, 4) is 11.4 Å². The molecule has 0 saturated carbocycles. The third-order valence-corrected chi connectivity index (χ3v) is 7.94. The zero-order chi connectivity index (χ0) is 26.0. The number of nitrogens with zero attached hydrogens (tertiary/aromatic N) is 3. The van der Waals surface area contributed by atoms with Gasteiger partial charge < -0.3 is 14.8 Å². The Morgan fingerprint density at radius 2 is 1.65 bits per heavy atom. The van der Waals surface area contributed by atoms with Crippen molar-refractivity contribution in [2.45, 2.75) is 4.90 Å². The van der Waals surface area contributed by atoms with Crippen LogP contribution in [0.2, 0.25) is 0 Å². The SMILES string of the molecule is COc1ccc(S(=O)(=O)N2CCOCC2)cc1NC(=O)c1nn(-c2ccccc2)c(=O)c2ccccc12. The van der Waals surface area contributed by atoms with Crippen LogP contribution in [0.5, 0.6) is 5.75 Å². The standard InChI is InChI=1S/C26H24N4O6S/c1-35-23-12-11-19(37(33,34)29-13-15-36-16-14-29)17-22(23)27-25(31)24-20-9-5-6-10-21(20)26(32)30(28-24)18-7-3-2-4-8-18/h2-12,17H,13-16H2,1H3,(H,27,31). The average Bonchev–Trinajstić information content (AvgIpc) is 2.94. The van der Waals surface area contributed by atoms with Crippen LogP contribution >= 0.6 is 0 Å². The Bertz CT molecular complexity index is 1630. The number of ether oxygens (including phenoxy) is 2. The summed E-state index contributed by atoms with van der Waals surface area (Å²) in [5.74, 6) is -0.352. The van der Waals surface area contributed by atoms with Gasteiger partial charge in [0.25, 0.3) is 11.5 Å². The molecule has 10 nitrogen and oxygen atoms in total. The number of amides is 1. The van der Waals surface area contributed by atoms with Gasteiger partial charge in [-0.15, -0.1) is 0 Å². The molecule has 1 aliphatic rings. The Morgan fingerprint density at radius 1 is 0.973 bits per heavy atom. The number of hydrogen-bond donors (Lipinski definition) is 1. The van der Waals surface area contributed by atoms with Gasteiger partial charge in [-0.2, -0.15) is 14.1 Å². The number of carbonyl (C=O) groups excluding carboxylic acids is 1. The second-order valence-corrected chi connectivity index (χ2v) is 10.2. The quantitative estimate of drug-likeness (QED) is 0.415. The van der Waals surface area contributed by atoms with Gasteiger partial charge in [-0.1, -0.05) is 36.4 Å². The molecule has 0 bridgehead atoms. The fourth-order valence-corrected chi connectivity index (χ4v) is 5.60. The molecule has 0 radical (unpaired) electrons. The molecule has 1 saturated heterocycles. The molecule has 0 spiro atoms. The predicted octanol–water partition coefficient (Wildman–Crippen LogP) is 2.67. The number of hydrogen-bond acceptors (Lipinski definition) is 7. The normalized spacial score (nSPS) is 14.4. The number of carbonyl (C=O) groups is 1. The van der Waals surface area contributed by atoms with E-state index < -0.39 is 15.9 Å². The van der Waals surface area contributed by atoms with Crippen LogP contribution in [0.1, 0.15) is 10.5 Å². The fraction of sp³-hybridized carbons (Fsp3) is 0.192. The van der Waals surface area contributed by atoms with Gasteiger partial charge in [-0.3, -0.25) is 9.59 Å². The molecule has 1 fully saturated rings. The van der Waals surface area contributed by atoms with Crippen molar-refractivity contribution >= 4 is 32.4 Å². The first kappa shape index (κ1) is 24.6. The highest BCUT2D eigenvalue weighted by molar-refractivity contribution is 7.89. The van der Waals surface area contributed by atoms with Crippen LogP contribution in [0.4, 0.5) is 5.69 Å². The van der Waals surface area contributed by atoms with Crippen molar-refractivity contribution < 1.29 is 22.7 Å². The molecule has 3 aromatic carbocycles. The van der Waals surface area contributed by atoms with E-state index in [0.717, 1.165) is 0 Å². The van der Waals surface area contributed by atoms with Crippen LogP contribution in [-0.2, 0) is 14.8 Å². The summed E-state index contributed by atoms with van der Waals surface area (Å²) in [6, 6.07) is 19.8. The van der Waals surface area contributed by atoms with E-state index >= 15 is 0 Å². The smallest absolute Gasteiger partial charge is 0.279 e. The van der Waals surface area contributed by atoms with Crippen molar-refractivity contribution in [2.24, 2.45) is 0 Å². The molecule has 0 atom stereocenters. The Labute approximate surface area is 213 Å². The zero-order valence-corrected chi connectivity index (χ0v) is 20.8. The topological polar surface area (TPSA) is 120 Å². The van der Waals surface area contributed by atoms with Crippen LogP contribution in [-0.4, -0.2) is 61.8 Å². The number of sulfonamides is 1. The lowest BCUT2D eigenvalue weighted by molar-refractivity contribution is 0.0730. The Kier molecular flexibility index (Phi) is 6.74. The third kappa shape index (κ3) is 4.71. The van der Waals surface area contributed by atoms with E-state index in [1.54, 1.807) is 48.5 Å². The molecule has 190 valence electrons.